The zero-order chi connectivity index (χ0) is 33.8. The summed E-state index contributed by atoms with van der Waals surface area (Å²) in [6.45, 7) is 14.5. The van der Waals surface area contributed by atoms with Gasteiger partial charge >= 0.3 is 0 Å². The zero-order valence-electron chi connectivity index (χ0n) is 29.3. The average molecular weight is 629 g/mol. The Bertz CT molecular complexity index is 1810. The second-order valence-electron chi connectivity index (χ2n) is 15.0. The summed E-state index contributed by atoms with van der Waals surface area (Å²) >= 11 is 0. The minimum atomic E-state index is -0.349. The first kappa shape index (κ1) is 33.0. The number of rotatable bonds is 9. The van der Waals surface area contributed by atoms with E-state index in [0.717, 1.165) is 11.3 Å². The van der Waals surface area contributed by atoms with Gasteiger partial charge in [0.2, 0.25) is 0 Å². The summed E-state index contributed by atoms with van der Waals surface area (Å²) in [5.74, 6) is 0.862. The fourth-order valence-electron chi connectivity index (χ4n) is 8.21. The number of ether oxygens (including phenoxy) is 1. The van der Waals surface area contributed by atoms with Crippen molar-refractivity contribution in [2.45, 2.75) is 59.0 Å². The second-order valence-corrected chi connectivity index (χ2v) is 15.0. The fourth-order valence-corrected chi connectivity index (χ4v) is 8.21. The van der Waals surface area contributed by atoms with Crippen LogP contribution in [-0.4, -0.2) is 0 Å². The zero-order valence-corrected chi connectivity index (χ0v) is 29.3. The Morgan fingerprint density at radius 2 is 0.688 bits per heavy atom. The summed E-state index contributed by atoms with van der Waals surface area (Å²) in [6.07, 6.45) is 0. The van der Waals surface area contributed by atoms with E-state index < -0.39 is 0 Å². The van der Waals surface area contributed by atoms with E-state index in [4.69, 9.17) is 4.74 Å². The van der Waals surface area contributed by atoms with E-state index in [2.05, 4.69) is 211 Å². The van der Waals surface area contributed by atoms with Crippen LogP contribution in [0.4, 0.5) is 0 Å². The van der Waals surface area contributed by atoms with Crippen molar-refractivity contribution in [1.82, 2.24) is 0 Å². The monoisotopic (exact) mass is 628 g/mol. The topological polar surface area (TPSA) is 9.23 Å². The molecule has 6 aromatic carbocycles. The van der Waals surface area contributed by atoms with Crippen molar-refractivity contribution in [3.63, 3.8) is 0 Å². The van der Waals surface area contributed by atoms with Gasteiger partial charge in [-0.1, -0.05) is 199 Å². The molecule has 0 saturated carbocycles. The molecule has 0 unspecified atom stereocenters. The van der Waals surface area contributed by atoms with Crippen LogP contribution in [0.25, 0.3) is 0 Å². The van der Waals surface area contributed by atoms with Crippen LogP contribution in [-0.2, 0) is 17.4 Å². The number of benzene rings is 6. The molecule has 0 bridgehead atoms. The normalized spacial score (nSPS) is 12.5. The van der Waals surface area contributed by atoms with Crippen molar-refractivity contribution in [2.75, 3.05) is 0 Å². The maximum atomic E-state index is 6.52. The van der Waals surface area contributed by atoms with Crippen molar-refractivity contribution >= 4 is 0 Å². The number of hydrogen-bond acceptors (Lipinski definition) is 1. The van der Waals surface area contributed by atoms with Gasteiger partial charge in [-0.05, 0) is 61.9 Å². The number of hydrogen-bond donors (Lipinski definition) is 0. The summed E-state index contributed by atoms with van der Waals surface area (Å²) in [6, 6.07) is 61.5. The molecule has 0 aliphatic heterocycles. The third kappa shape index (κ3) is 5.88. The minimum Gasteiger partial charge on any atom is -0.489 e. The molecular formula is C47H48O. The Labute approximate surface area is 288 Å². The van der Waals surface area contributed by atoms with E-state index in [1.165, 1.54) is 33.4 Å². The first-order chi connectivity index (χ1) is 23.1. The van der Waals surface area contributed by atoms with Crippen molar-refractivity contribution in [3.8, 4) is 5.75 Å². The van der Waals surface area contributed by atoms with E-state index in [1.807, 2.05) is 0 Å². The van der Waals surface area contributed by atoms with E-state index in [9.17, 15) is 0 Å². The van der Waals surface area contributed by atoms with Crippen LogP contribution < -0.4 is 4.74 Å². The molecular weight excluding hydrogens is 581 g/mol. The van der Waals surface area contributed by atoms with Crippen LogP contribution in [0.15, 0.2) is 170 Å². The smallest absolute Gasteiger partial charge is 0.119 e. The standard InChI is InChI=1S/C47H48O/c1-44(2,3)46(37-21-11-7-12-22-37,38-23-13-8-14-24-38)41-30-32-43(33-31-41)48-35-36-20-19-29-42(34-36)47(45(4,5)6,39-25-15-9-16-26-39)40-27-17-10-18-28-40/h7-34H,35H2,1-6H3. The molecule has 1 heteroatoms. The highest BCUT2D eigenvalue weighted by Gasteiger charge is 2.47. The largest absolute Gasteiger partial charge is 0.489 e. The minimum absolute atomic E-state index is 0.102. The van der Waals surface area contributed by atoms with Gasteiger partial charge in [0.05, 0.1) is 0 Å². The van der Waals surface area contributed by atoms with Crippen LogP contribution in [0, 0.1) is 10.8 Å². The fraction of sp³-hybridized carbons (Fsp3) is 0.234. The molecule has 6 aromatic rings. The van der Waals surface area contributed by atoms with Crippen molar-refractivity contribution < 1.29 is 4.74 Å². The molecule has 0 amide bonds. The third-order valence-electron chi connectivity index (χ3n) is 10.1. The van der Waals surface area contributed by atoms with Gasteiger partial charge in [0.25, 0.3) is 0 Å². The second kappa shape index (κ2) is 13.3. The van der Waals surface area contributed by atoms with Gasteiger partial charge in [-0.15, -0.1) is 0 Å². The summed E-state index contributed by atoms with van der Waals surface area (Å²) in [4.78, 5) is 0. The lowest BCUT2D eigenvalue weighted by molar-refractivity contribution is 0.270. The van der Waals surface area contributed by atoms with E-state index in [1.54, 1.807) is 0 Å². The molecule has 0 spiro atoms. The van der Waals surface area contributed by atoms with Crippen molar-refractivity contribution in [3.05, 3.63) is 209 Å². The summed E-state index contributed by atoms with van der Waals surface area (Å²) in [5, 5.41) is 0. The Kier molecular flexibility index (Phi) is 9.17. The van der Waals surface area contributed by atoms with Gasteiger partial charge in [-0.2, -0.15) is 0 Å². The molecule has 0 N–H and O–H groups in total. The Hall–Kier alpha value is -4.88. The van der Waals surface area contributed by atoms with E-state index in [-0.39, 0.29) is 21.7 Å². The van der Waals surface area contributed by atoms with Gasteiger partial charge in [0, 0.05) is 10.8 Å². The van der Waals surface area contributed by atoms with Gasteiger partial charge in [-0.25, -0.2) is 0 Å². The lowest BCUT2D eigenvalue weighted by Gasteiger charge is -2.47. The Morgan fingerprint density at radius 3 is 1.06 bits per heavy atom. The van der Waals surface area contributed by atoms with Gasteiger partial charge in [-0.3, -0.25) is 0 Å². The van der Waals surface area contributed by atoms with Crippen LogP contribution in [0.5, 0.6) is 5.75 Å². The molecule has 6 rings (SSSR count). The van der Waals surface area contributed by atoms with Crippen LogP contribution in [0.3, 0.4) is 0 Å². The molecule has 1 nitrogen and oxygen atoms in total. The maximum absolute atomic E-state index is 6.52. The molecule has 0 fully saturated rings. The van der Waals surface area contributed by atoms with Crippen molar-refractivity contribution in [1.29, 1.82) is 0 Å². The van der Waals surface area contributed by atoms with Gasteiger partial charge in [0.1, 0.15) is 12.4 Å². The molecule has 0 saturated heterocycles. The summed E-state index contributed by atoms with van der Waals surface area (Å²) < 4.78 is 6.52. The molecule has 0 aliphatic carbocycles. The molecule has 0 atom stereocenters. The first-order valence-electron chi connectivity index (χ1n) is 17.1. The molecule has 0 heterocycles. The molecule has 0 radical (unpaired) electrons. The lowest BCUT2D eigenvalue weighted by atomic mass is 9.56. The van der Waals surface area contributed by atoms with E-state index >= 15 is 0 Å². The molecule has 0 aromatic heterocycles. The first-order valence-corrected chi connectivity index (χ1v) is 17.1. The van der Waals surface area contributed by atoms with E-state index in [0.29, 0.717) is 6.61 Å². The Balaban J connectivity index is 1.35. The third-order valence-corrected chi connectivity index (χ3v) is 10.1. The van der Waals surface area contributed by atoms with Crippen LogP contribution in [0.1, 0.15) is 80.5 Å². The average Bonchev–Trinajstić information content (AvgIpc) is 3.09. The molecule has 242 valence electrons. The van der Waals surface area contributed by atoms with Crippen molar-refractivity contribution in [2.24, 2.45) is 10.8 Å². The lowest BCUT2D eigenvalue weighted by Crippen LogP contribution is -2.42. The van der Waals surface area contributed by atoms with Crippen LogP contribution >= 0.6 is 0 Å². The molecule has 0 aliphatic rings. The maximum Gasteiger partial charge on any atom is 0.119 e. The van der Waals surface area contributed by atoms with Gasteiger partial charge in [0.15, 0.2) is 0 Å². The highest BCUT2D eigenvalue weighted by Crippen LogP contribution is 2.53. The SMILES string of the molecule is CC(C)(C)C(c1ccccc1)(c1ccccc1)c1ccc(OCc2cccc(C(c3ccccc3)(c3ccccc3)C(C)(C)C)c2)cc1. The van der Waals surface area contributed by atoms with Crippen LogP contribution in [0.2, 0.25) is 0 Å². The molecule has 48 heavy (non-hydrogen) atoms. The predicted octanol–water partition coefficient (Wildman–Crippen LogP) is 12.0. The Morgan fingerprint density at radius 1 is 0.354 bits per heavy atom. The quantitative estimate of drug-likeness (QED) is 0.145. The van der Waals surface area contributed by atoms with Gasteiger partial charge < -0.3 is 4.74 Å². The highest BCUT2D eigenvalue weighted by atomic mass is 16.5. The predicted molar refractivity (Wildman–Crippen MR) is 202 cm³/mol. The summed E-state index contributed by atoms with van der Waals surface area (Å²) in [7, 11) is 0. The highest BCUT2D eigenvalue weighted by molar-refractivity contribution is 5.55. The summed E-state index contributed by atoms with van der Waals surface area (Å²) in [5.41, 5.74) is 7.92.